The van der Waals surface area contributed by atoms with Gasteiger partial charge in [-0.2, -0.15) is 0 Å². The van der Waals surface area contributed by atoms with E-state index in [2.05, 4.69) is 0 Å². The van der Waals surface area contributed by atoms with Crippen molar-refractivity contribution in [1.82, 2.24) is 0 Å². The van der Waals surface area contributed by atoms with E-state index in [-0.39, 0.29) is 6.42 Å². The molecule has 1 atom stereocenters. The van der Waals surface area contributed by atoms with Crippen molar-refractivity contribution in [3.05, 3.63) is 58.1 Å². The number of carboxylic acids is 1. The Morgan fingerprint density at radius 1 is 1.18 bits per heavy atom. The van der Waals surface area contributed by atoms with E-state index in [4.69, 9.17) is 32.7 Å². The first-order valence-electron chi connectivity index (χ1n) is 6.47. The molecule has 0 amide bonds. The van der Waals surface area contributed by atoms with Gasteiger partial charge in [-0.25, -0.2) is 4.79 Å². The minimum absolute atomic E-state index is 0.114. The summed E-state index contributed by atoms with van der Waals surface area (Å²) in [5.74, 6) is -0.254. The third-order valence-electron chi connectivity index (χ3n) is 3.03. The molecule has 0 aliphatic heterocycles. The molecule has 0 aliphatic rings. The van der Waals surface area contributed by atoms with Gasteiger partial charge < -0.3 is 14.6 Å². The molecule has 2 rings (SSSR count). The second kappa shape index (κ2) is 7.38. The van der Waals surface area contributed by atoms with Crippen LogP contribution in [0.1, 0.15) is 5.56 Å². The quantitative estimate of drug-likeness (QED) is 0.860. The Hall–Kier alpha value is -1.91. The maximum atomic E-state index is 11.5. The first-order valence-corrected chi connectivity index (χ1v) is 7.23. The van der Waals surface area contributed by atoms with Crippen molar-refractivity contribution in [3.8, 4) is 11.5 Å². The van der Waals surface area contributed by atoms with Crippen molar-refractivity contribution < 1.29 is 19.4 Å². The Kier molecular flexibility index (Phi) is 5.52. The molecule has 0 radical (unpaired) electrons. The van der Waals surface area contributed by atoms with Gasteiger partial charge in [-0.1, -0.05) is 41.4 Å². The number of rotatable bonds is 6. The summed E-state index contributed by atoms with van der Waals surface area (Å²) < 4.78 is 10.7. The molecular formula is C16H14Cl2O4. The van der Waals surface area contributed by atoms with Crippen molar-refractivity contribution >= 4 is 29.2 Å². The van der Waals surface area contributed by atoms with E-state index in [1.54, 1.807) is 42.5 Å². The van der Waals surface area contributed by atoms with Gasteiger partial charge in [0, 0.05) is 16.5 Å². The monoisotopic (exact) mass is 340 g/mol. The van der Waals surface area contributed by atoms with Crippen LogP contribution in [0.3, 0.4) is 0 Å². The molecule has 0 fully saturated rings. The normalized spacial score (nSPS) is 11.8. The Bertz CT molecular complexity index is 673. The van der Waals surface area contributed by atoms with Crippen LogP contribution in [0.5, 0.6) is 11.5 Å². The average Bonchev–Trinajstić information content (AvgIpc) is 2.49. The topological polar surface area (TPSA) is 55.8 Å². The molecule has 0 spiro atoms. The van der Waals surface area contributed by atoms with Crippen LogP contribution < -0.4 is 9.47 Å². The van der Waals surface area contributed by atoms with Gasteiger partial charge >= 0.3 is 5.97 Å². The number of hydrogen-bond acceptors (Lipinski definition) is 3. The van der Waals surface area contributed by atoms with Gasteiger partial charge in [0.05, 0.1) is 7.11 Å². The van der Waals surface area contributed by atoms with Crippen molar-refractivity contribution in [2.45, 2.75) is 12.5 Å². The molecule has 0 saturated heterocycles. The summed E-state index contributed by atoms with van der Waals surface area (Å²) in [4.78, 5) is 11.5. The molecule has 0 bridgehead atoms. The zero-order chi connectivity index (χ0) is 16.1. The fourth-order valence-corrected chi connectivity index (χ4v) is 2.42. The van der Waals surface area contributed by atoms with Crippen LogP contribution in [-0.2, 0) is 11.2 Å². The van der Waals surface area contributed by atoms with E-state index in [9.17, 15) is 9.90 Å². The van der Waals surface area contributed by atoms with Gasteiger partial charge in [0.15, 0.2) is 17.6 Å². The summed E-state index contributed by atoms with van der Waals surface area (Å²) in [5, 5.41) is 10.3. The van der Waals surface area contributed by atoms with E-state index in [0.29, 0.717) is 27.1 Å². The van der Waals surface area contributed by atoms with Crippen LogP contribution in [0.15, 0.2) is 42.5 Å². The average molecular weight is 341 g/mol. The summed E-state index contributed by atoms with van der Waals surface area (Å²) in [7, 11) is 1.49. The predicted octanol–water partition coefficient (Wildman–Crippen LogP) is 4.08. The Labute approximate surface area is 138 Å². The number of halogens is 2. The van der Waals surface area contributed by atoms with Crippen LogP contribution >= 0.6 is 23.2 Å². The van der Waals surface area contributed by atoms with Gasteiger partial charge in [-0.3, -0.25) is 0 Å². The largest absolute Gasteiger partial charge is 0.493 e. The van der Waals surface area contributed by atoms with Crippen LogP contribution in [-0.4, -0.2) is 24.3 Å². The molecule has 4 nitrogen and oxygen atoms in total. The summed E-state index contributed by atoms with van der Waals surface area (Å²) in [6.07, 6.45) is -0.974. The van der Waals surface area contributed by atoms with Crippen LogP contribution in [0.4, 0.5) is 0 Å². The molecular weight excluding hydrogens is 327 g/mol. The van der Waals surface area contributed by atoms with Crippen LogP contribution in [0.2, 0.25) is 10.0 Å². The number of methoxy groups -OCH3 is 1. The molecule has 6 heteroatoms. The molecule has 0 aromatic heterocycles. The molecule has 116 valence electrons. The highest BCUT2D eigenvalue weighted by molar-refractivity contribution is 6.35. The molecule has 0 saturated carbocycles. The first kappa shape index (κ1) is 16.5. The minimum atomic E-state index is -1.09. The van der Waals surface area contributed by atoms with Gasteiger partial charge in [-0.15, -0.1) is 0 Å². The SMILES string of the molecule is COc1ccccc1O[C@H](Cc1ccc(Cl)cc1Cl)C(=O)O. The van der Waals surface area contributed by atoms with Crippen molar-refractivity contribution in [3.63, 3.8) is 0 Å². The molecule has 1 N–H and O–H groups in total. The Balaban J connectivity index is 2.22. The third-order valence-corrected chi connectivity index (χ3v) is 3.62. The summed E-state index contributed by atoms with van der Waals surface area (Å²) >= 11 is 11.9. The number of carboxylic acid groups (broad SMARTS) is 1. The lowest BCUT2D eigenvalue weighted by molar-refractivity contribution is -0.145. The molecule has 2 aromatic rings. The molecule has 0 unspecified atom stereocenters. The van der Waals surface area contributed by atoms with Crippen LogP contribution in [0, 0.1) is 0 Å². The van der Waals surface area contributed by atoms with Gasteiger partial charge in [0.1, 0.15) is 0 Å². The van der Waals surface area contributed by atoms with E-state index >= 15 is 0 Å². The number of benzene rings is 2. The summed E-state index contributed by atoms with van der Waals surface area (Å²) in [5.41, 5.74) is 0.647. The number of hydrogen-bond donors (Lipinski definition) is 1. The second-order valence-corrected chi connectivity index (χ2v) is 5.38. The van der Waals surface area contributed by atoms with Crippen LogP contribution in [0.25, 0.3) is 0 Å². The van der Waals surface area contributed by atoms with Gasteiger partial charge in [0.2, 0.25) is 0 Å². The summed E-state index contributed by atoms with van der Waals surface area (Å²) in [6, 6.07) is 11.8. The van der Waals surface area contributed by atoms with Crippen molar-refractivity contribution in [2.75, 3.05) is 7.11 Å². The summed E-state index contributed by atoms with van der Waals surface area (Å²) in [6.45, 7) is 0. The Morgan fingerprint density at radius 2 is 1.86 bits per heavy atom. The van der Waals surface area contributed by atoms with E-state index in [0.717, 1.165) is 0 Å². The third kappa shape index (κ3) is 4.06. The highest BCUT2D eigenvalue weighted by atomic mass is 35.5. The zero-order valence-corrected chi connectivity index (χ0v) is 13.3. The van der Waals surface area contributed by atoms with Crippen molar-refractivity contribution in [1.29, 1.82) is 0 Å². The van der Waals surface area contributed by atoms with E-state index in [1.807, 2.05) is 0 Å². The van der Waals surface area contributed by atoms with Crippen molar-refractivity contribution in [2.24, 2.45) is 0 Å². The predicted molar refractivity (Wildman–Crippen MR) is 85.2 cm³/mol. The number of para-hydroxylation sites is 2. The second-order valence-electron chi connectivity index (χ2n) is 4.54. The highest BCUT2D eigenvalue weighted by Crippen LogP contribution is 2.28. The Morgan fingerprint density at radius 3 is 2.45 bits per heavy atom. The maximum absolute atomic E-state index is 11.5. The smallest absolute Gasteiger partial charge is 0.345 e. The molecule has 0 heterocycles. The lowest BCUT2D eigenvalue weighted by atomic mass is 10.1. The van der Waals surface area contributed by atoms with E-state index in [1.165, 1.54) is 7.11 Å². The van der Waals surface area contributed by atoms with Gasteiger partial charge in [-0.05, 0) is 29.8 Å². The number of carbonyl (C=O) groups is 1. The fraction of sp³-hybridized carbons (Fsp3) is 0.188. The minimum Gasteiger partial charge on any atom is -0.493 e. The molecule has 0 aliphatic carbocycles. The number of aliphatic carboxylic acids is 1. The van der Waals surface area contributed by atoms with Gasteiger partial charge in [0.25, 0.3) is 0 Å². The maximum Gasteiger partial charge on any atom is 0.345 e. The highest BCUT2D eigenvalue weighted by Gasteiger charge is 2.22. The fourth-order valence-electron chi connectivity index (χ4n) is 1.94. The van der Waals surface area contributed by atoms with E-state index < -0.39 is 12.1 Å². The first-order chi connectivity index (χ1) is 10.5. The number of ether oxygens (including phenoxy) is 2. The lowest BCUT2D eigenvalue weighted by Gasteiger charge is -2.17. The molecule has 22 heavy (non-hydrogen) atoms. The molecule has 2 aromatic carbocycles. The standard InChI is InChI=1S/C16H14Cl2O4/c1-21-13-4-2-3-5-14(13)22-15(16(19)20)8-10-6-7-11(17)9-12(10)18/h2-7,9,15H,8H2,1H3,(H,19,20)/t15-/m1/s1. The zero-order valence-electron chi connectivity index (χ0n) is 11.8. The lowest BCUT2D eigenvalue weighted by Crippen LogP contribution is -2.29.